The van der Waals surface area contributed by atoms with E-state index in [0.717, 1.165) is 31.2 Å². The molecule has 200 valence electrons. The number of hydrogen-bond donors (Lipinski definition) is 3. The smallest absolute Gasteiger partial charge is 0.339 e. The lowest BCUT2D eigenvalue weighted by atomic mass is 9.71. The van der Waals surface area contributed by atoms with Gasteiger partial charge in [0.05, 0.1) is 24.1 Å². The predicted octanol–water partition coefficient (Wildman–Crippen LogP) is 1.48. The van der Waals surface area contributed by atoms with Gasteiger partial charge in [-0.25, -0.2) is 4.79 Å². The molecule has 10 nitrogen and oxygen atoms in total. The van der Waals surface area contributed by atoms with Gasteiger partial charge in [-0.05, 0) is 63.3 Å². The molecule has 1 saturated heterocycles. The summed E-state index contributed by atoms with van der Waals surface area (Å²) in [7, 11) is 0. The van der Waals surface area contributed by atoms with E-state index < -0.39 is 23.0 Å². The van der Waals surface area contributed by atoms with Crippen molar-refractivity contribution in [3.05, 3.63) is 39.2 Å². The molecule has 1 aliphatic heterocycles. The third-order valence-corrected chi connectivity index (χ3v) is 7.68. The van der Waals surface area contributed by atoms with E-state index >= 15 is 0 Å². The summed E-state index contributed by atoms with van der Waals surface area (Å²) in [6, 6.07) is 3.50. The molecule has 4 rings (SSSR count). The lowest BCUT2D eigenvalue weighted by molar-refractivity contribution is -0.143. The molecule has 0 bridgehead atoms. The van der Waals surface area contributed by atoms with E-state index in [2.05, 4.69) is 10.6 Å². The Balaban J connectivity index is 1.24. The quantitative estimate of drug-likeness (QED) is 0.477. The molecule has 0 unspecified atom stereocenters. The van der Waals surface area contributed by atoms with Crippen molar-refractivity contribution in [2.24, 2.45) is 5.92 Å². The van der Waals surface area contributed by atoms with Crippen LogP contribution in [0, 0.1) is 26.7 Å². The second-order valence-corrected chi connectivity index (χ2v) is 10.3. The highest BCUT2D eigenvalue weighted by Gasteiger charge is 2.43. The van der Waals surface area contributed by atoms with Crippen molar-refractivity contribution in [2.45, 2.75) is 58.5 Å². The Kier molecular flexibility index (Phi) is 7.87. The molecule has 2 aromatic rings. The maximum absolute atomic E-state index is 12.6. The van der Waals surface area contributed by atoms with Crippen LogP contribution in [0.1, 0.15) is 48.8 Å². The first-order chi connectivity index (χ1) is 17.6. The van der Waals surface area contributed by atoms with Crippen LogP contribution in [0.5, 0.6) is 5.75 Å². The number of aryl methyl sites for hydroxylation is 2. The van der Waals surface area contributed by atoms with Gasteiger partial charge in [-0.3, -0.25) is 14.4 Å². The van der Waals surface area contributed by atoms with Crippen LogP contribution in [0.15, 0.2) is 21.3 Å². The zero-order chi connectivity index (χ0) is 26.7. The summed E-state index contributed by atoms with van der Waals surface area (Å²) in [6.07, 6.45) is 4.34. The van der Waals surface area contributed by atoms with Crippen molar-refractivity contribution in [3.8, 4) is 5.75 Å². The Morgan fingerprint density at radius 2 is 1.84 bits per heavy atom. The second kappa shape index (κ2) is 10.9. The molecule has 2 heterocycles. The van der Waals surface area contributed by atoms with E-state index in [-0.39, 0.29) is 31.5 Å². The molecule has 1 aromatic heterocycles. The molecule has 2 atom stereocenters. The van der Waals surface area contributed by atoms with Gasteiger partial charge in [0.2, 0.25) is 11.8 Å². The molecule has 0 spiro atoms. The van der Waals surface area contributed by atoms with Gasteiger partial charge >= 0.3 is 5.63 Å². The van der Waals surface area contributed by atoms with Crippen LogP contribution in [-0.2, 0) is 14.4 Å². The van der Waals surface area contributed by atoms with Gasteiger partial charge in [0.15, 0.2) is 6.61 Å². The van der Waals surface area contributed by atoms with E-state index in [4.69, 9.17) is 9.15 Å². The summed E-state index contributed by atoms with van der Waals surface area (Å²) < 4.78 is 11.1. The van der Waals surface area contributed by atoms with E-state index in [9.17, 15) is 24.3 Å². The van der Waals surface area contributed by atoms with Gasteiger partial charge in [-0.1, -0.05) is 12.8 Å². The number of aliphatic hydroxyl groups is 1. The maximum Gasteiger partial charge on any atom is 0.339 e. The monoisotopic (exact) mass is 513 g/mol. The van der Waals surface area contributed by atoms with Crippen LogP contribution in [-0.4, -0.2) is 66.1 Å². The number of carbonyl (C=O) groups excluding carboxylic acids is 3. The molecule has 2 fully saturated rings. The van der Waals surface area contributed by atoms with E-state index in [1.54, 1.807) is 30.9 Å². The summed E-state index contributed by atoms with van der Waals surface area (Å²) in [4.78, 5) is 50.8. The summed E-state index contributed by atoms with van der Waals surface area (Å²) in [5.74, 6) is -0.684. The van der Waals surface area contributed by atoms with Gasteiger partial charge in [0.25, 0.3) is 5.91 Å². The first kappa shape index (κ1) is 26.7. The minimum absolute atomic E-state index is 0.0863. The molecular weight excluding hydrogens is 478 g/mol. The molecule has 1 aromatic carbocycles. The van der Waals surface area contributed by atoms with Gasteiger partial charge in [0.1, 0.15) is 11.3 Å². The summed E-state index contributed by atoms with van der Waals surface area (Å²) >= 11 is 0. The average molecular weight is 514 g/mol. The molecular formula is C27H35N3O7. The van der Waals surface area contributed by atoms with E-state index in [0.29, 0.717) is 47.4 Å². The highest BCUT2D eigenvalue weighted by atomic mass is 16.5. The minimum atomic E-state index is -0.666. The Labute approximate surface area is 215 Å². The fourth-order valence-electron chi connectivity index (χ4n) is 5.32. The highest BCUT2D eigenvalue weighted by Crippen LogP contribution is 2.39. The van der Waals surface area contributed by atoms with Crippen LogP contribution < -0.4 is 21.0 Å². The number of ether oxygens (including phenoxy) is 1. The van der Waals surface area contributed by atoms with Crippen molar-refractivity contribution < 1.29 is 28.6 Å². The topological polar surface area (TPSA) is 138 Å². The van der Waals surface area contributed by atoms with Crippen LogP contribution in [0.2, 0.25) is 0 Å². The first-order valence-electron chi connectivity index (χ1n) is 12.8. The predicted molar refractivity (Wildman–Crippen MR) is 136 cm³/mol. The Bertz CT molecular complexity index is 1270. The van der Waals surface area contributed by atoms with Crippen molar-refractivity contribution in [3.63, 3.8) is 0 Å². The minimum Gasteiger partial charge on any atom is -0.483 e. The number of rotatable bonds is 7. The van der Waals surface area contributed by atoms with Gasteiger partial charge in [-0.15, -0.1) is 0 Å². The van der Waals surface area contributed by atoms with E-state index in [1.807, 2.05) is 6.92 Å². The van der Waals surface area contributed by atoms with Gasteiger partial charge < -0.3 is 29.8 Å². The number of hydrogen-bond acceptors (Lipinski definition) is 7. The molecule has 37 heavy (non-hydrogen) atoms. The van der Waals surface area contributed by atoms with Crippen LogP contribution >= 0.6 is 0 Å². The van der Waals surface area contributed by atoms with Gasteiger partial charge in [-0.2, -0.15) is 0 Å². The number of piperidine rings is 1. The fourth-order valence-corrected chi connectivity index (χ4v) is 5.32. The summed E-state index contributed by atoms with van der Waals surface area (Å²) in [5, 5.41) is 16.4. The molecule has 0 radical (unpaired) electrons. The molecule has 3 amide bonds. The standard InChI is InChI=1S/C27H35N3O7/c1-16-10-20(25-17(2)18(3)26(34)37-21(25)11-16)36-15-23(32)28-12-22(31)29-13-24(33)30-9-8-27(35)7-5-4-6-19(27)14-30/h10-11,19,35H,4-9,12-15H2,1-3H3,(H,28,32)(H,29,31)/t19-,27-/m0/s1. The molecule has 2 aliphatic rings. The summed E-state index contributed by atoms with van der Waals surface area (Å²) in [6.45, 7) is 5.49. The second-order valence-electron chi connectivity index (χ2n) is 10.3. The van der Waals surface area contributed by atoms with Crippen LogP contribution in [0.3, 0.4) is 0 Å². The lowest BCUT2D eigenvalue weighted by Crippen LogP contribution is -2.56. The van der Waals surface area contributed by atoms with Crippen LogP contribution in [0.4, 0.5) is 0 Å². The molecule has 1 saturated carbocycles. The Hall–Kier alpha value is -3.40. The van der Waals surface area contributed by atoms with Crippen molar-refractivity contribution in [1.82, 2.24) is 15.5 Å². The first-order valence-corrected chi connectivity index (χ1v) is 12.8. The Morgan fingerprint density at radius 3 is 2.62 bits per heavy atom. The number of nitrogens with one attached hydrogen (secondary N) is 2. The normalized spacial score (nSPS) is 21.3. The SMILES string of the molecule is Cc1cc(OCC(=O)NCC(=O)NCC(=O)N2CC[C@@]3(O)CCCC[C@H]3C2)c2c(C)c(C)c(=O)oc2c1. The average Bonchev–Trinajstić information content (AvgIpc) is 2.86. The Morgan fingerprint density at radius 1 is 1.08 bits per heavy atom. The zero-order valence-electron chi connectivity index (χ0n) is 21.6. The molecule has 10 heteroatoms. The van der Waals surface area contributed by atoms with Gasteiger partial charge in [0, 0.05) is 24.6 Å². The molecule has 1 aliphatic carbocycles. The third kappa shape index (κ3) is 5.95. The molecule has 3 N–H and O–H groups in total. The lowest BCUT2D eigenvalue weighted by Gasteiger charge is -2.47. The van der Waals surface area contributed by atoms with Crippen LogP contribution in [0.25, 0.3) is 11.0 Å². The summed E-state index contributed by atoms with van der Waals surface area (Å²) in [5.41, 5.74) is 1.29. The maximum atomic E-state index is 12.6. The third-order valence-electron chi connectivity index (χ3n) is 7.68. The number of carbonyl (C=O) groups is 3. The number of fused-ring (bicyclic) bond motifs is 2. The number of likely N-dealkylation sites (tertiary alicyclic amines) is 1. The van der Waals surface area contributed by atoms with Crippen molar-refractivity contribution >= 4 is 28.7 Å². The van der Waals surface area contributed by atoms with Crippen molar-refractivity contribution in [2.75, 3.05) is 32.8 Å². The number of amides is 3. The fraction of sp³-hybridized carbons (Fsp3) is 0.556. The van der Waals surface area contributed by atoms with E-state index in [1.165, 1.54) is 0 Å². The zero-order valence-corrected chi connectivity index (χ0v) is 21.6. The number of nitrogens with zero attached hydrogens (tertiary/aromatic N) is 1. The largest absolute Gasteiger partial charge is 0.483 e. The highest BCUT2D eigenvalue weighted by molar-refractivity contribution is 5.90. The van der Waals surface area contributed by atoms with Crippen molar-refractivity contribution in [1.29, 1.82) is 0 Å². The number of benzene rings is 1.